The lowest BCUT2D eigenvalue weighted by Crippen LogP contribution is -2.04. The maximum atomic E-state index is 13.8. The van der Waals surface area contributed by atoms with Crippen molar-refractivity contribution in [1.82, 2.24) is 9.97 Å². The van der Waals surface area contributed by atoms with Crippen LogP contribution < -0.4 is 9.47 Å². The number of hydrogen-bond acceptors (Lipinski definition) is 6. The molecular weight excluding hydrogens is 315 g/mol. The maximum absolute atomic E-state index is 13.8. The third-order valence-electron chi connectivity index (χ3n) is 3.37. The van der Waals surface area contributed by atoms with Gasteiger partial charge in [-0.15, -0.1) is 0 Å². The van der Waals surface area contributed by atoms with Crippen molar-refractivity contribution in [3.8, 4) is 17.4 Å². The number of methoxy groups -OCH3 is 2. The van der Waals surface area contributed by atoms with Gasteiger partial charge < -0.3 is 14.2 Å². The lowest BCUT2D eigenvalue weighted by atomic mass is 10.2. The van der Waals surface area contributed by atoms with Gasteiger partial charge in [-0.25, -0.2) is 19.2 Å². The third kappa shape index (κ3) is 2.83. The summed E-state index contributed by atoms with van der Waals surface area (Å²) in [4.78, 5) is 19.6. The molecule has 3 aromatic rings. The van der Waals surface area contributed by atoms with E-state index in [4.69, 9.17) is 9.47 Å². The van der Waals surface area contributed by atoms with E-state index in [0.717, 1.165) is 0 Å². The number of nitrogens with zero attached hydrogens (tertiary/aromatic N) is 2. The van der Waals surface area contributed by atoms with Gasteiger partial charge in [0.15, 0.2) is 0 Å². The summed E-state index contributed by atoms with van der Waals surface area (Å²) in [7, 11) is 2.72. The SMILES string of the molecule is COC(=O)c1ccc(Oc2ncnc3c(F)cccc23)cc1OC. The second-order valence-electron chi connectivity index (χ2n) is 4.77. The molecular formula is C17H13FN2O4. The van der Waals surface area contributed by atoms with Crippen molar-refractivity contribution in [3.63, 3.8) is 0 Å². The Labute approximate surface area is 136 Å². The van der Waals surface area contributed by atoms with Gasteiger partial charge in [-0.3, -0.25) is 0 Å². The molecule has 0 bridgehead atoms. The Balaban J connectivity index is 2.00. The number of ether oxygens (including phenoxy) is 3. The smallest absolute Gasteiger partial charge is 0.341 e. The molecule has 0 unspecified atom stereocenters. The van der Waals surface area contributed by atoms with Crippen LogP contribution in [0, 0.1) is 5.82 Å². The van der Waals surface area contributed by atoms with E-state index in [1.807, 2.05) is 0 Å². The average Bonchev–Trinajstić information content (AvgIpc) is 2.62. The second-order valence-corrected chi connectivity index (χ2v) is 4.77. The molecule has 0 radical (unpaired) electrons. The largest absolute Gasteiger partial charge is 0.496 e. The first-order chi connectivity index (χ1) is 11.6. The van der Waals surface area contributed by atoms with Gasteiger partial charge in [0, 0.05) is 6.07 Å². The molecule has 2 aromatic carbocycles. The molecule has 1 aromatic heterocycles. The van der Waals surface area contributed by atoms with Crippen LogP contribution in [0.1, 0.15) is 10.4 Å². The van der Waals surface area contributed by atoms with Gasteiger partial charge in [-0.05, 0) is 24.3 Å². The van der Waals surface area contributed by atoms with Crippen molar-refractivity contribution in [2.24, 2.45) is 0 Å². The summed E-state index contributed by atoms with van der Waals surface area (Å²) in [6.45, 7) is 0. The summed E-state index contributed by atoms with van der Waals surface area (Å²) < 4.78 is 29.4. The molecule has 122 valence electrons. The molecule has 0 aliphatic carbocycles. The van der Waals surface area contributed by atoms with E-state index in [2.05, 4.69) is 14.7 Å². The highest BCUT2D eigenvalue weighted by atomic mass is 19.1. The number of rotatable bonds is 4. The van der Waals surface area contributed by atoms with Crippen molar-refractivity contribution in [2.75, 3.05) is 14.2 Å². The lowest BCUT2D eigenvalue weighted by molar-refractivity contribution is 0.0597. The van der Waals surface area contributed by atoms with Gasteiger partial charge in [-0.2, -0.15) is 0 Å². The van der Waals surface area contributed by atoms with E-state index in [1.165, 1.54) is 38.7 Å². The Kier molecular flexibility index (Phi) is 4.24. The maximum Gasteiger partial charge on any atom is 0.341 e. The quantitative estimate of drug-likeness (QED) is 0.684. The van der Waals surface area contributed by atoms with Crippen LogP contribution >= 0.6 is 0 Å². The minimum Gasteiger partial charge on any atom is -0.496 e. The van der Waals surface area contributed by atoms with Gasteiger partial charge >= 0.3 is 5.97 Å². The number of carbonyl (C=O) groups excluding carboxylic acids is 1. The normalized spacial score (nSPS) is 10.5. The van der Waals surface area contributed by atoms with Crippen molar-refractivity contribution < 1.29 is 23.4 Å². The monoisotopic (exact) mass is 328 g/mol. The van der Waals surface area contributed by atoms with Gasteiger partial charge in [-0.1, -0.05) is 6.07 Å². The van der Waals surface area contributed by atoms with Gasteiger partial charge in [0.25, 0.3) is 0 Å². The Morgan fingerprint density at radius 2 is 1.96 bits per heavy atom. The van der Waals surface area contributed by atoms with Crippen LogP contribution in [0.3, 0.4) is 0 Å². The Morgan fingerprint density at radius 1 is 1.12 bits per heavy atom. The van der Waals surface area contributed by atoms with Crippen LogP contribution in [0.15, 0.2) is 42.7 Å². The van der Waals surface area contributed by atoms with E-state index in [9.17, 15) is 9.18 Å². The van der Waals surface area contributed by atoms with Gasteiger partial charge in [0.05, 0.1) is 19.6 Å². The highest BCUT2D eigenvalue weighted by Gasteiger charge is 2.15. The standard InChI is InChI=1S/C17H13FN2O4/c1-22-14-8-10(6-7-11(14)17(21)23-2)24-16-12-4-3-5-13(18)15(12)19-9-20-16/h3-9H,1-2H3. The number of fused-ring (bicyclic) bond motifs is 1. The molecule has 3 rings (SSSR count). The van der Waals surface area contributed by atoms with Gasteiger partial charge in [0.2, 0.25) is 5.88 Å². The fourth-order valence-corrected chi connectivity index (χ4v) is 2.23. The van der Waals surface area contributed by atoms with E-state index >= 15 is 0 Å². The topological polar surface area (TPSA) is 70.5 Å². The molecule has 0 saturated heterocycles. The number of hydrogen-bond donors (Lipinski definition) is 0. The number of esters is 1. The zero-order valence-electron chi connectivity index (χ0n) is 12.9. The molecule has 0 aliphatic heterocycles. The van der Waals surface area contributed by atoms with Crippen molar-refractivity contribution in [3.05, 3.63) is 54.1 Å². The van der Waals surface area contributed by atoms with Crippen LogP contribution in [-0.2, 0) is 4.74 Å². The van der Waals surface area contributed by atoms with Gasteiger partial charge in [0.1, 0.15) is 34.7 Å². The first-order valence-corrected chi connectivity index (χ1v) is 6.97. The predicted octanol–water partition coefficient (Wildman–Crippen LogP) is 3.36. The zero-order chi connectivity index (χ0) is 17.1. The molecule has 1 heterocycles. The second kappa shape index (κ2) is 6.49. The molecule has 6 nitrogen and oxygen atoms in total. The molecule has 0 aliphatic rings. The van der Waals surface area contributed by atoms with Crippen molar-refractivity contribution in [1.29, 1.82) is 0 Å². The van der Waals surface area contributed by atoms with E-state index in [-0.39, 0.29) is 17.0 Å². The zero-order valence-corrected chi connectivity index (χ0v) is 12.9. The molecule has 0 atom stereocenters. The summed E-state index contributed by atoms with van der Waals surface area (Å²) in [5.41, 5.74) is 0.437. The summed E-state index contributed by atoms with van der Waals surface area (Å²) >= 11 is 0. The molecule has 7 heteroatoms. The van der Waals surface area contributed by atoms with Crippen LogP contribution in [0.2, 0.25) is 0 Å². The molecule has 0 spiro atoms. The Bertz CT molecular complexity index is 914. The molecule has 24 heavy (non-hydrogen) atoms. The predicted molar refractivity (Wildman–Crippen MR) is 83.9 cm³/mol. The molecule has 0 saturated carbocycles. The lowest BCUT2D eigenvalue weighted by Gasteiger charge is -2.11. The number of para-hydroxylation sites is 1. The van der Waals surface area contributed by atoms with E-state index in [0.29, 0.717) is 16.9 Å². The molecule has 0 fully saturated rings. The van der Waals surface area contributed by atoms with Crippen LogP contribution in [-0.4, -0.2) is 30.2 Å². The van der Waals surface area contributed by atoms with Crippen molar-refractivity contribution in [2.45, 2.75) is 0 Å². The summed E-state index contributed by atoms with van der Waals surface area (Å²) in [6.07, 6.45) is 1.22. The fourth-order valence-electron chi connectivity index (χ4n) is 2.23. The van der Waals surface area contributed by atoms with E-state index < -0.39 is 11.8 Å². The third-order valence-corrected chi connectivity index (χ3v) is 3.37. The minimum absolute atomic E-state index is 0.167. The minimum atomic E-state index is -0.520. The highest BCUT2D eigenvalue weighted by Crippen LogP contribution is 2.31. The summed E-state index contributed by atoms with van der Waals surface area (Å²) in [5.74, 6) is -0.105. The number of halogens is 1. The number of carbonyl (C=O) groups is 1. The van der Waals surface area contributed by atoms with Crippen LogP contribution in [0.4, 0.5) is 4.39 Å². The number of benzene rings is 2. The molecule has 0 amide bonds. The van der Waals surface area contributed by atoms with Crippen LogP contribution in [0.5, 0.6) is 17.4 Å². The number of aromatic nitrogens is 2. The summed E-state index contributed by atoms with van der Waals surface area (Å²) in [5, 5.41) is 0.438. The molecule has 0 N–H and O–H groups in total. The van der Waals surface area contributed by atoms with Crippen molar-refractivity contribution >= 4 is 16.9 Å². The summed E-state index contributed by atoms with van der Waals surface area (Å²) in [6, 6.07) is 9.14. The fraction of sp³-hybridized carbons (Fsp3) is 0.118. The Morgan fingerprint density at radius 3 is 2.71 bits per heavy atom. The van der Waals surface area contributed by atoms with E-state index in [1.54, 1.807) is 18.2 Å². The highest BCUT2D eigenvalue weighted by molar-refractivity contribution is 5.92. The first kappa shape index (κ1) is 15.7. The Hall–Kier alpha value is -3.22. The average molecular weight is 328 g/mol. The van der Waals surface area contributed by atoms with Crippen LogP contribution in [0.25, 0.3) is 10.9 Å². The first-order valence-electron chi connectivity index (χ1n) is 6.97.